The Labute approximate surface area is 124 Å². The number of nitrogens with zero attached hydrogens (tertiary/aromatic N) is 5. The summed E-state index contributed by atoms with van der Waals surface area (Å²) in [5, 5.41) is 4.82. The van der Waals surface area contributed by atoms with Crippen molar-refractivity contribution < 1.29 is 9.53 Å². The third kappa shape index (κ3) is 2.84. The molecule has 0 aliphatic carbocycles. The summed E-state index contributed by atoms with van der Waals surface area (Å²) in [5.41, 5.74) is 1.57. The molecule has 0 fully saturated rings. The predicted octanol–water partition coefficient (Wildman–Crippen LogP) is 1.45. The van der Waals surface area contributed by atoms with E-state index in [1.54, 1.807) is 16.9 Å². The molecule has 0 aliphatic heterocycles. The lowest BCUT2D eigenvalue weighted by atomic mass is 10.2. The van der Waals surface area contributed by atoms with Crippen molar-refractivity contribution >= 4 is 23.5 Å². The van der Waals surface area contributed by atoms with Gasteiger partial charge in [0, 0.05) is 12.4 Å². The molecule has 0 atom stereocenters. The average Bonchev–Trinajstić information content (AvgIpc) is 2.96. The number of hydrogen-bond donors (Lipinski definition) is 0. The second-order valence-corrected chi connectivity index (χ2v) is 4.96. The Hall–Kier alpha value is -2.48. The van der Waals surface area contributed by atoms with Crippen molar-refractivity contribution in [2.24, 2.45) is 0 Å². The number of pyridine rings is 1. The first-order valence-electron chi connectivity index (χ1n) is 6.11. The standard InChI is InChI=1S/C13H11N5O2S/c1-20-11(19)8-21-13-16-12-15-7-5-10(18(12)17-13)9-4-2-3-6-14-9/h2-7H,8H2,1H3. The summed E-state index contributed by atoms with van der Waals surface area (Å²) in [4.78, 5) is 23.9. The Balaban J connectivity index is 1.96. The maximum absolute atomic E-state index is 11.2. The fourth-order valence-electron chi connectivity index (χ4n) is 1.73. The first-order chi connectivity index (χ1) is 10.3. The van der Waals surface area contributed by atoms with E-state index in [0.717, 1.165) is 11.4 Å². The molecule has 0 aromatic carbocycles. The molecule has 0 spiro atoms. The largest absolute Gasteiger partial charge is 0.468 e. The Bertz CT molecular complexity index is 775. The zero-order valence-electron chi connectivity index (χ0n) is 11.1. The van der Waals surface area contributed by atoms with Crippen LogP contribution in [0, 0.1) is 0 Å². The van der Waals surface area contributed by atoms with Gasteiger partial charge in [0.15, 0.2) is 0 Å². The zero-order chi connectivity index (χ0) is 14.7. The fraction of sp³-hybridized carbons (Fsp3) is 0.154. The Kier molecular flexibility index (Phi) is 3.78. The third-order valence-corrected chi connectivity index (χ3v) is 3.51. The molecular weight excluding hydrogens is 290 g/mol. The van der Waals surface area contributed by atoms with Gasteiger partial charge in [-0.3, -0.25) is 9.78 Å². The van der Waals surface area contributed by atoms with Crippen LogP contribution in [-0.2, 0) is 9.53 Å². The quantitative estimate of drug-likeness (QED) is 0.533. The van der Waals surface area contributed by atoms with E-state index in [4.69, 9.17) is 0 Å². The molecule has 0 unspecified atom stereocenters. The summed E-state index contributed by atoms with van der Waals surface area (Å²) >= 11 is 1.20. The van der Waals surface area contributed by atoms with E-state index >= 15 is 0 Å². The van der Waals surface area contributed by atoms with E-state index in [-0.39, 0.29) is 11.7 Å². The van der Waals surface area contributed by atoms with Gasteiger partial charge in [-0.25, -0.2) is 4.98 Å². The van der Waals surface area contributed by atoms with Gasteiger partial charge in [-0.2, -0.15) is 9.50 Å². The van der Waals surface area contributed by atoms with Gasteiger partial charge >= 0.3 is 5.97 Å². The van der Waals surface area contributed by atoms with Crippen LogP contribution in [0.5, 0.6) is 0 Å². The van der Waals surface area contributed by atoms with Crippen LogP contribution in [-0.4, -0.2) is 43.4 Å². The minimum absolute atomic E-state index is 0.159. The lowest BCUT2D eigenvalue weighted by Crippen LogP contribution is -2.03. The summed E-state index contributed by atoms with van der Waals surface area (Å²) in [7, 11) is 1.35. The minimum Gasteiger partial charge on any atom is -0.468 e. The van der Waals surface area contributed by atoms with Crippen molar-refractivity contribution in [3.8, 4) is 11.4 Å². The Morgan fingerprint density at radius 2 is 2.19 bits per heavy atom. The van der Waals surface area contributed by atoms with Crippen LogP contribution in [0.15, 0.2) is 41.8 Å². The number of carbonyl (C=O) groups excluding carboxylic acids is 1. The van der Waals surface area contributed by atoms with Crippen LogP contribution in [0.1, 0.15) is 0 Å². The molecule has 21 heavy (non-hydrogen) atoms. The van der Waals surface area contributed by atoms with Gasteiger partial charge in [0.2, 0.25) is 5.16 Å². The molecule has 8 heteroatoms. The monoisotopic (exact) mass is 301 g/mol. The maximum Gasteiger partial charge on any atom is 0.316 e. The normalized spacial score (nSPS) is 10.7. The molecular formula is C13H11N5O2S. The second kappa shape index (κ2) is 5.88. The van der Waals surface area contributed by atoms with Crippen LogP contribution in [0.4, 0.5) is 0 Å². The molecule has 7 nitrogen and oxygen atoms in total. The number of fused-ring (bicyclic) bond motifs is 1. The summed E-state index contributed by atoms with van der Waals surface area (Å²) in [6.07, 6.45) is 3.37. The van der Waals surface area contributed by atoms with E-state index in [9.17, 15) is 4.79 Å². The molecule has 0 bridgehead atoms. The summed E-state index contributed by atoms with van der Waals surface area (Å²) in [5.74, 6) is 0.300. The number of aromatic nitrogens is 5. The molecule has 3 rings (SSSR count). The lowest BCUT2D eigenvalue weighted by Gasteiger charge is -2.01. The maximum atomic E-state index is 11.2. The molecule has 106 valence electrons. The van der Waals surface area contributed by atoms with Crippen molar-refractivity contribution in [1.82, 2.24) is 24.6 Å². The number of carbonyl (C=O) groups is 1. The number of esters is 1. The molecule has 0 N–H and O–H groups in total. The number of rotatable bonds is 4. The molecule has 0 saturated heterocycles. The van der Waals surface area contributed by atoms with Gasteiger partial charge in [-0.15, -0.1) is 5.10 Å². The minimum atomic E-state index is -0.322. The Morgan fingerprint density at radius 3 is 2.95 bits per heavy atom. The summed E-state index contributed by atoms with van der Waals surface area (Å²) in [6.45, 7) is 0. The van der Waals surface area contributed by atoms with Crippen LogP contribution in [0.25, 0.3) is 17.2 Å². The van der Waals surface area contributed by atoms with E-state index in [2.05, 4.69) is 24.8 Å². The topological polar surface area (TPSA) is 82.3 Å². The van der Waals surface area contributed by atoms with Gasteiger partial charge in [0.1, 0.15) is 0 Å². The number of thioether (sulfide) groups is 1. The summed E-state index contributed by atoms with van der Waals surface area (Å²) in [6, 6.07) is 7.45. The van der Waals surface area contributed by atoms with E-state index in [0.29, 0.717) is 10.9 Å². The van der Waals surface area contributed by atoms with Crippen molar-refractivity contribution in [3.05, 3.63) is 36.7 Å². The van der Waals surface area contributed by atoms with Crippen molar-refractivity contribution in [3.63, 3.8) is 0 Å². The van der Waals surface area contributed by atoms with Crippen LogP contribution in [0.2, 0.25) is 0 Å². The van der Waals surface area contributed by atoms with Gasteiger partial charge < -0.3 is 4.74 Å². The SMILES string of the molecule is COC(=O)CSc1nc2nccc(-c3ccccn3)n2n1. The van der Waals surface area contributed by atoms with E-state index in [1.807, 2.05) is 24.3 Å². The molecule has 0 amide bonds. The van der Waals surface area contributed by atoms with E-state index in [1.165, 1.54) is 18.9 Å². The number of methoxy groups -OCH3 is 1. The van der Waals surface area contributed by atoms with Gasteiger partial charge in [-0.05, 0) is 18.2 Å². The molecule has 3 aromatic rings. The molecule has 3 aromatic heterocycles. The highest BCUT2D eigenvalue weighted by atomic mass is 32.2. The highest BCUT2D eigenvalue weighted by molar-refractivity contribution is 7.99. The highest BCUT2D eigenvalue weighted by Gasteiger charge is 2.12. The number of ether oxygens (including phenoxy) is 1. The second-order valence-electron chi connectivity index (χ2n) is 4.02. The molecule has 3 heterocycles. The van der Waals surface area contributed by atoms with Crippen LogP contribution in [0.3, 0.4) is 0 Å². The smallest absolute Gasteiger partial charge is 0.316 e. The van der Waals surface area contributed by atoms with Gasteiger partial charge in [-0.1, -0.05) is 17.8 Å². The lowest BCUT2D eigenvalue weighted by molar-refractivity contribution is -0.137. The molecule has 0 aliphatic rings. The van der Waals surface area contributed by atoms with E-state index < -0.39 is 0 Å². The third-order valence-electron chi connectivity index (χ3n) is 2.70. The first-order valence-corrected chi connectivity index (χ1v) is 7.09. The Morgan fingerprint density at radius 1 is 1.29 bits per heavy atom. The predicted molar refractivity (Wildman–Crippen MR) is 76.8 cm³/mol. The van der Waals surface area contributed by atoms with Gasteiger partial charge in [0.25, 0.3) is 5.78 Å². The molecule has 0 radical (unpaired) electrons. The first kappa shape index (κ1) is 13.5. The highest BCUT2D eigenvalue weighted by Crippen LogP contribution is 2.19. The van der Waals surface area contributed by atoms with Crippen molar-refractivity contribution in [1.29, 1.82) is 0 Å². The molecule has 0 saturated carbocycles. The fourth-order valence-corrected chi connectivity index (χ4v) is 2.38. The zero-order valence-corrected chi connectivity index (χ0v) is 11.9. The average molecular weight is 301 g/mol. The van der Waals surface area contributed by atoms with Crippen molar-refractivity contribution in [2.75, 3.05) is 12.9 Å². The van der Waals surface area contributed by atoms with Crippen molar-refractivity contribution in [2.45, 2.75) is 5.16 Å². The summed E-state index contributed by atoms with van der Waals surface area (Å²) < 4.78 is 6.20. The van der Waals surface area contributed by atoms with Crippen LogP contribution >= 0.6 is 11.8 Å². The van der Waals surface area contributed by atoms with Crippen LogP contribution < -0.4 is 0 Å². The van der Waals surface area contributed by atoms with Gasteiger partial charge in [0.05, 0.1) is 24.3 Å². The number of hydrogen-bond acceptors (Lipinski definition) is 7.